The summed E-state index contributed by atoms with van der Waals surface area (Å²) in [5, 5.41) is 28.7. The number of nitrogens with zero attached hydrogens (tertiary/aromatic N) is 1. The predicted molar refractivity (Wildman–Crippen MR) is 81.1 cm³/mol. The highest BCUT2D eigenvalue weighted by molar-refractivity contribution is 5.93. The van der Waals surface area contributed by atoms with Crippen LogP contribution in [-0.4, -0.2) is 45.1 Å². The summed E-state index contributed by atoms with van der Waals surface area (Å²) in [5.41, 5.74) is 2.04. The van der Waals surface area contributed by atoms with Crippen LogP contribution in [0, 0.1) is 5.92 Å². The second-order valence-electron chi connectivity index (χ2n) is 5.68. The minimum atomic E-state index is -0.558. The molecule has 0 radical (unpaired) electrons. The van der Waals surface area contributed by atoms with Crippen LogP contribution in [0.15, 0.2) is 36.4 Å². The maximum Gasteiger partial charge on any atom is 0.269 e. The highest BCUT2D eigenvalue weighted by Gasteiger charge is 2.33. The lowest BCUT2D eigenvalue weighted by molar-refractivity contribution is 0.0902. The van der Waals surface area contributed by atoms with Crippen molar-refractivity contribution in [3.63, 3.8) is 0 Å². The van der Waals surface area contributed by atoms with Crippen molar-refractivity contribution < 1.29 is 15.0 Å². The Balaban J connectivity index is 1.65. The molecule has 3 rings (SSSR count). The van der Waals surface area contributed by atoms with Crippen LogP contribution in [0.5, 0.6) is 0 Å². The molecule has 6 heteroatoms. The third kappa shape index (κ3) is 3.03. The minimum absolute atomic E-state index is 0.0598. The van der Waals surface area contributed by atoms with E-state index in [4.69, 9.17) is 5.11 Å². The molecule has 0 saturated heterocycles. The van der Waals surface area contributed by atoms with Crippen LogP contribution in [0.25, 0.3) is 11.3 Å². The molecule has 2 aromatic rings. The molecule has 6 nitrogen and oxygen atoms in total. The molecule has 1 fully saturated rings. The summed E-state index contributed by atoms with van der Waals surface area (Å²) in [4.78, 5) is 12.2. The Bertz CT molecular complexity index is 641. The molecule has 3 atom stereocenters. The minimum Gasteiger partial charge on any atom is -0.396 e. The van der Waals surface area contributed by atoms with E-state index >= 15 is 0 Å². The third-order valence-corrected chi connectivity index (χ3v) is 4.12. The molecular weight excluding hydrogens is 282 g/mol. The van der Waals surface area contributed by atoms with Gasteiger partial charge in [0.05, 0.1) is 11.8 Å². The Hall–Kier alpha value is -2.18. The van der Waals surface area contributed by atoms with E-state index in [-0.39, 0.29) is 24.5 Å². The molecule has 0 bridgehead atoms. The molecule has 4 N–H and O–H groups in total. The summed E-state index contributed by atoms with van der Waals surface area (Å²) in [6.07, 6.45) is 0.497. The summed E-state index contributed by atoms with van der Waals surface area (Å²) >= 11 is 0. The van der Waals surface area contributed by atoms with E-state index in [0.29, 0.717) is 24.2 Å². The SMILES string of the molecule is O=C(N[C@H]1C[C@@H](CO)[C@@H](O)C1)c1cc(-c2ccccc2)n[nH]1. The van der Waals surface area contributed by atoms with Crippen LogP contribution in [0.4, 0.5) is 0 Å². The number of hydrogen-bond donors (Lipinski definition) is 4. The van der Waals surface area contributed by atoms with Crippen molar-refractivity contribution in [3.8, 4) is 11.3 Å². The lowest BCUT2D eigenvalue weighted by Gasteiger charge is -2.11. The summed E-state index contributed by atoms with van der Waals surface area (Å²) in [6, 6.07) is 11.2. The molecule has 116 valence electrons. The number of aromatic nitrogens is 2. The first-order valence-electron chi connectivity index (χ1n) is 7.38. The topological polar surface area (TPSA) is 98.2 Å². The first-order valence-corrected chi connectivity index (χ1v) is 7.38. The smallest absolute Gasteiger partial charge is 0.269 e. The van der Waals surface area contributed by atoms with Gasteiger partial charge in [0.1, 0.15) is 5.69 Å². The summed E-state index contributed by atoms with van der Waals surface area (Å²) in [7, 11) is 0. The van der Waals surface area contributed by atoms with Crippen LogP contribution >= 0.6 is 0 Å². The maximum absolute atomic E-state index is 12.2. The molecule has 1 heterocycles. The van der Waals surface area contributed by atoms with E-state index in [1.54, 1.807) is 6.07 Å². The normalized spacial score (nSPS) is 24.4. The van der Waals surface area contributed by atoms with Gasteiger partial charge in [-0.25, -0.2) is 0 Å². The Labute approximate surface area is 128 Å². The Morgan fingerprint density at radius 2 is 2.09 bits per heavy atom. The molecule has 1 aliphatic carbocycles. The first-order chi connectivity index (χ1) is 10.7. The zero-order chi connectivity index (χ0) is 15.5. The fourth-order valence-electron chi connectivity index (χ4n) is 2.87. The molecular formula is C16H19N3O3. The summed E-state index contributed by atoms with van der Waals surface area (Å²) in [5.74, 6) is -0.405. The Kier molecular flexibility index (Phi) is 4.22. The van der Waals surface area contributed by atoms with Crippen molar-refractivity contribution in [2.75, 3.05) is 6.61 Å². The van der Waals surface area contributed by atoms with Crippen LogP contribution in [0.2, 0.25) is 0 Å². The van der Waals surface area contributed by atoms with Gasteiger partial charge in [0.15, 0.2) is 0 Å². The van der Waals surface area contributed by atoms with E-state index in [1.807, 2.05) is 30.3 Å². The van der Waals surface area contributed by atoms with Crippen LogP contribution in [-0.2, 0) is 0 Å². The predicted octanol–water partition coefficient (Wildman–Crippen LogP) is 0.938. The molecule has 0 aliphatic heterocycles. The van der Waals surface area contributed by atoms with Crippen LogP contribution in [0.1, 0.15) is 23.3 Å². The van der Waals surface area contributed by atoms with Gasteiger partial charge in [0.2, 0.25) is 0 Å². The fourth-order valence-corrected chi connectivity index (χ4v) is 2.87. The van der Waals surface area contributed by atoms with Crippen molar-refractivity contribution >= 4 is 5.91 Å². The average molecular weight is 301 g/mol. The number of carbonyl (C=O) groups is 1. The van der Waals surface area contributed by atoms with Crippen LogP contribution < -0.4 is 5.32 Å². The van der Waals surface area contributed by atoms with Gasteiger partial charge in [-0.3, -0.25) is 9.89 Å². The van der Waals surface area contributed by atoms with Gasteiger partial charge in [-0.15, -0.1) is 0 Å². The summed E-state index contributed by atoms with van der Waals surface area (Å²) in [6.45, 7) is -0.0598. The zero-order valence-corrected chi connectivity index (χ0v) is 12.1. The lowest BCUT2D eigenvalue weighted by atomic mass is 10.1. The number of hydrogen-bond acceptors (Lipinski definition) is 4. The second kappa shape index (κ2) is 6.29. The first kappa shape index (κ1) is 14.7. The molecule has 1 saturated carbocycles. The number of carbonyl (C=O) groups excluding carboxylic acids is 1. The van der Waals surface area contributed by atoms with Gasteiger partial charge < -0.3 is 15.5 Å². The monoisotopic (exact) mass is 301 g/mol. The second-order valence-corrected chi connectivity index (χ2v) is 5.68. The van der Waals surface area contributed by atoms with Gasteiger partial charge >= 0.3 is 0 Å². The van der Waals surface area contributed by atoms with E-state index in [9.17, 15) is 9.90 Å². The number of benzene rings is 1. The molecule has 0 spiro atoms. The Morgan fingerprint density at radius 1 is 1.32 bits per heavy atom. The number of H-pyrrole nitrogens is 1. The van der Waals surface area contributed by atoms with Crippen molar-refractivity contribution in [2.45, 2.75) is 25.0 Å². The average Bonchev–Trinajstić information content (AvgIpc) is 3.15. The van der Waals surface area contributed by atoms with Crippen molar-refractivity contribution in [1.29, 1.82) is 0 Å². The van der Waals surface area contributed by atoms with E-state index in [1.165, 1.54) is 0 Å². The molecule has 1 aromatic heterocycles. The largest absolute Gasteiger partial charge is 0.396 e. The number of aromatic amines is 1. The quantitative estimate of drug-likeness (QED) is 0.675. The van der Waals surface area contributed by atoms with Gasteiger partial charge in [0, 0.05) is 24.1 Å². The molecule has 1 aromatic carbocycles. The van der Waals surface area contributed by atoms with E-state index in [0.717, 1.165) is 5.56 Å². The zero-order valence-electron chi connectivity index (χ0n) is 12.1. The number of nitrogens with one attached hydrogen (secondary N) is 2. The molecule has 0 unspecified atom stereocenters. The highest BCUT2D eigenvalue weighted by Crippen LogP contribution is 2.26. The number of rotatable bonds is 4. The number of aliphatic hydroxyl groups is 2. The van der Waals surface area contributed by atoms with Gasteiger partial charge in [-0.05, 0) is 18.9 Å². The Morgan fingerprint density at radius 3 is 2.77 bits per heavy atom. The lowest BCUT2D eigenvalue weighted by Crippen LogP contribution is -2.33. The van der Waals surface area contributed by atoms with Crippen LogP contribution in [0.3, 0.4) is 0 Å². The highest BCUT2D eigenvalue weighted by atomic mass is 16.3. The van der Waals surface area contributed by atoms with Gasteiger partial charge in [-0.2, -0.15) is 5.10 Å². The van der Waals surface area contributed by atoms with Crippen molar-refractivity contribution in [1.82, 2.24) is 15.5 Å². The fraction of sp³-hybridized carbons (Fsp3) is 0.375. The number of aliphatic hydroxyl groups excluding tert-OH is 2. The van der Waals surface area contributed by atoms with Crippen molar-refractivity contribution in [2.24, 2.45) is 5.92 Å². The maximum atomic E-state index is 12.2. The van der Waals surface area contributed by atoms with Gasteiger partial charge in [-0.1, -0.05) is 30.3 Å². The summed E-state index contributed by atoms with van der Waals surface area (Å²) < 4.78 is 0. The van der Waals surface area contributed by atoms with E-state index in [2.05, 4.69) is 15.5 Å². The van der Waals surface area contributed by atoms with E-state index < -0.39 is 6.10 Å². The van der Waals surface area contributed by atoms with Crippen molar-refractivity contribution in [3.05, 3.63) is 42.1 Å². The molecule has 22 heavy (non-hydrogen) atoms. The number of amides is 1. The molecule has 1 amide bonds. The third-order valence-electron chi connectivity index (χ3n) is 4.12. The van der Waals surface area contributed by atoms with Gasteiger partial charge in [0.25, 0.3) is 5.91 Å². The molecule has 1 aliphatic rings. The standard InChI is InChI=1S/C16H19N3O3/c20-9-11-6-12(7-15(11)21)17-16(22)14-8-13(18-19-14)10-4-2-1-3-5-10/h1-5,8,11-12,15,20-21H,6-7,9H2,(H,17,22)(H,18,19)/t11-,12-,15-/m0/s1.